The molecule has 0 unspecified atom stereocenters. The quantitative estimate of drug-likeness (QED) is 0.810. The van der Waals surface area contributed by atoms with Crippen molar-refractivity contribution >= 4 is 11.8 Å². The molecule has 2 atom stereocenters. The molecule has 0 spiro atoms. The molecule has 1 rings (SSSR count). The third-order valence-corrected chi connectivity index (χ3v) is 4.01. The van der Waals surface area contributed by atoms with Crippen molar-refractivity contribution in [1.82, 2.24) is 10.6 Å². The molecule has 0 aliphatic rings. The lowest BCUT2D eigenvalue weighted by Gasteiger charge is -2.25. The van der Waals surface area contributed by atoms with E-state index in [0.717, 1.165) is 5.56 Å². The molecule has 0 fully saturated rings. The molecule has 0 heterocycles. The van der Waals surface area contributed by atoms with E-state index in [1.165, 1.54) is 18.2 Å². The van der Waals surface area contributed by atoms with E-state index in [2.05, 4.69) is 23.6 Å². The van der Waals surface area contributed by atoms with E-state index in [-0.39, 0.29) is 30.4 Å². The van der Waals surface area contributed by atoms with Crippen LogP contribution < -0.4 is 10.6 Å². The molecular weight excluding hydrogens is 292 g/mol. The smallest absolute Gasteiger partial charge is 0.246 e. The van der Waals surface area contributed by atoms with Crippen LogP contribution >= 0.6 is 0 Å². The third-order valence-electron chi connectivity index (χ3n) is 4.01. The lowest BCUT2D eigenvalue weighted by Crippen LogP contribution is -2.51. The van der Waals surface area contributed by atoms with Crippen molar-refractivity contribution in [1.29, 1.82) is 0 Å². The Hall–Kier alpha value is -1.88. The molecule has 0 aromatic heterocycles. The van der Waals surface area contributed by atoms with Gasteiger partial charge in [0.25, 0.3) is 0 Å². The van der Waals surface area contributed by atoms with E-state index in [9.17, 15) is 9.59 Å². The first kappa shape index (κ1) is 19.2. The van der Waals surface area contributed by atoms with Crippen molar-refractivity contribution in [2.75, 3.05) is 13.7 Å². The van der Waals surface area contributed by atoms with Crippen molar-refractivity contribution < 1.29 is 14.3 Å². The van der Waals surface area contributed by atoms with Gasteiger partial charge in [0.2, 0.25) is 11.8 Å². The first-order valence-corrected chi connectivity index (χ1v) is 7.92. The zero-order valence-electron chi connectivity index (χ0n) is 14.9. The van der Waals surface area contributed by atoms with Crippen LogP contribution in [0.25, 0.3) is 0 Å². The number of methoxy groups -OCH3 is 1. The number of nitrogens with one attached hydrogen (secondary N) is 2. The molecule has 23 heavy (non-hydrogen) atoms. The van der Waals surface area contributed by atoms with E-state index < -0.39 is 6.04 Å². The summed E-state index contributed by atoms with van der Waals surface area (Å²) in [5, 5.41) is 5.72. The lowest BCUT2D eigenvalue weighted by molar-refractivity contribution is -0.132. The number of carbonyl (C=O) groups excluding carboxylic acids is 2. The Morgan fingerprint density at radius 3 is 2.35 bits per heavy atom. The van der Waals surface area contributed by atoms with Gasteiger partial charge in [-0.25, -0.2) is 0 Å². The third kappa shape index (κ3) is 5.36. The molecule has 0 saturated carbocycles. The van der Waals surface area contributed by atoms with Crippen LogP contribution in [-0.2, 0) is 14.3 Å². The van der Waals surface area contributed by atoms with Crippen LogP contribution in [0.1, 0.15) is 43.5 Å². The monoisotopic (exact) mass is 320 g/mol. The maximum Gasteiger partial charge on any atom is 0.246 e. The van der Waals surface area contributed by atoms with Crippen molar-refractivity contribution in [3.63, 3.8) is 0 Å². The maximum absolute atomic E-state index is 12.5. The van der Waals surface area contributed by atoms with Crippen LogP contribution in [0.15, 0.2) is 18.2 Å². The highest BCUT2D eigenvalue weighted by Crippen LogP contribution is 2.20. The minimum atomic E-state index is -0.579. The van der Waals surface area contributed by atoms with Gasteiger partial charge in [-0.05, 0) is 43.4 Å². The molecule has 5 nitrogen and oxygen atoms in total. The summed E-state index contributed by atoms with van der Waals surface area (Å²) >= 11 is 0. The van der Waals surface area contributed by atoms with E-state index in [1.807, 2.05) is 39.8 Å². The van der Waals surface area contributed by atoms with E-state index in [4.69, 9.17) is 4.74 Å². The van der Waals surface area contributed by atoms with Crippen LogP contribution in [-0.4, -0.2) is 31.6 Å². The Morgan fingerprint density at radius 1 is 1.13 bits per heavy atom. The Balaban J connectivity index is 2.81. The van der Waals surface area contributed by atoms with Gasteiger partial charge in [0, 0.05) is 7.11 Å². The highest BCUT2D eigenvalue weighted by Gasteiger charge is 2.25. The lowest BCUT2D eigenvalue weighted by atomic mass is 9.97. The zero-order chi connectivity index (χ0) is 17.6. The number of hydrogen-bond acceptors (Lipinski definition) is 3. The zero-order valence-corrected chi connectivity index (χ0v) is 14.9. The van der Waals surface area contributed by atoms with Gasteiger partial charge in [-0.2, -0.15) is 0 Å². The number of benzene rings is 1. The Morgan fingerprint density at radius 2 is 1.78 bits per heavy atom. The van der Waals surface area contributed by atoms with E-state index in [1.54, 1.807) is 0 Å². The number of aryl methyl sites for hydroxylation is 1. The summed E-state index contributed by atoms with van der Waals surface area (Å²) in [6.45, 7) is 9.81. The number of amides is 2. The maximum atomic E-state index is 12.5. The van der Waals surface area contributed by atoms with Gasteiger partial charge in [-0.15, -0.1) is 0 Å². The first-order valence-electron chi connectivity index (χ1n) is 7.92. The normalized spacial score (nSPS) is 13.5. The topological polar surface area (TPSA) is 67.4 Å². The van der Waals surface area contributed by atoms with Gasteiger partial charge >= 0.3 is 0 Å². The van der Waals surface area contributed by atoms with Gasteiger partial charge < -0.3 is 15.4 Å². The molecule has 128 valence electrons. The van der Waals surface area contributed by atoms with Crippen molar-refractivity contribution in [3.8, 4) is 0 Å². The summed E-state index contributed by atoms with van der Waals surface area (Å²) in [7, 11) is 1.45. The van der Waals surface area contributed by atoms with E-state index >= 15 is 0 Å². The van der Waals surface area contributed by atoms with Crippen molar-refractivity contribution in [2.45, 2.75) is 46.7 Å². The predicted octanol–water partition coefficient (Wildman–Crippen LogP) is 2.27. The second-order valence-corrected chi connectivity index (χ2v) is 6.24. The Labute approximate surface area is 138 Å². The minimum absolute atomic E-state index is 0.0124. The Kier molecular flexibility index (Phi) is 7.23. The minimum Gasteiger partial charge on any atom is -0.375 e. The molecule has 0 saturated heterocycles. The second kappa shape index (κ2) is 8.67. The van der Waals surface area contributed by atoms with Gasteiger partial charge in [-0.3, -0.25) is 9.59 Å². The number of hydrogen-bond donors (Lipinski definition) is 2. The molecule has 1 aromatic rings. The molecule has 0 bridgehead atoms. The number of rotatable bonds is 7. The van der Waals surface area contributed by atoms with Crippen LogP contribution in [0.4, 0.5) is 0 Å². The molecule has 2 N–H and O–H groups in total. The summed E-state index contributed by atoms with van der Waals surface area (Å²) in [4.78, 5) is 24.2. The van der Waals surface area contributed by atoms with Gasteiger partial charge in [-0.1, -0.05) is 32.0 Å². The fourth-order valence-corrected chi connectivity index (χ4v) is 2.50. The van der Waals surface area contributed by atoms with Crippen LogP contribution in [0.5, 0.6) is 0 Å². The Bertz CT molecular complexity index is 555. The molecule has 0 aliphatic heterocycles. The number of ether oxygens (including phenoxy) is 1. The molecule has 5 heteroatoms. The highest BCUT2D eigenvalue weighted by molar-refractivity contribution is 5.88. The van der Waals surface area contributed by atoms with Gasteiger partial charge in [0.15, 0.2) is 0 Å². The highest BCUT2D eigenvalue weighted by atomic mass is 16.5. The van der Waals surface area contributed by atoms with Gasteiger partial charge in [0.05, 0.1) is 6.04 Å². The first-order chi connectivity index (χ1) is 10.8. The predicted molar refractivity (Wildman–Crippen MR) is 91.1 cm³/mol. The summed E-state index contributed by atoms with van der Waals surface area (Å²) in [6.07, 6.45) is 0. The van der Waals surface area contributed by atoms with Crippen molar-refractivity contribution in [3.05, 3.63) is 34.9 Å². The summed E-state index contributed by atoms with van der Waals surface area (Å²) in [5.74, 6) is -0.486. The van der Waals surface area contributed by atoms with Gasteiger partial charge in [0.1, 0.15) is 12.6 Å². The fraction of sp³-hybridized carbons (Fsp3) is 0.556. The molecule has 0 radical (unpaired) electrons. The average molecular weight is 320 g/mol. The summed E-state index contributed by atoms with van der Waals surface area (Å²) < 4.78 is 4.80. The molecular formula is C18H28N2O3. The van der Waals surface area contributed by atoms with Crippen LogP contribution in [0.3, 0.4) is 0 Å². The summed E-state index contributed by atoms with van der Waals surface area (Å²) in [6, 6.07) is 5.35. The molecule has 1 aromatic carbocycles. The van der Waals surface area contributed by atoms with Crippen LogP contribution in [0, 0.1) is 19.8 Å². The van der Waals surface area contributed by atoms with E-state index in [0.29, 0.717) is 0 Å². The second-order valence-electron chi connectivity index (χ2n) is 6.24. The SMILES string of the molecule is COCC(=O)N[C@H](C(=O)N[C@@H](C)c1cccc(C)c1C)C(C)C. The largest absolute Gasteiger partial charge is 0.375 e. The average Bonchev–Trinajstić information content (AvgIpc) is 2.47. The van der Waals surface area contributed by atoms with Crippen LogP contribution in [0.2, 0.25) is 0 Å². The number of carbonyl (C=O) groups is 2. The van der Waals surface area contributed by atoms with Crippen molar-refractivity contribution in [2.24, 2.45) is 5.92 Å². The standard InChI is InChI=1S/C18H28N2O3/c1-11(2)17(20-16(21)10-23-6)18(22)19-14(5)15-9-7-8-12(3)13(15)4/h7-9,11,14,17H,10H2,1-6H3,(H,19,22)(H,20,21)/t14-,17-/m0/s1. The summed E-state index contributed by atoms with van der Waals surface area (Å²) in [5.41, 5.74) is 3.45. The fourth-order valence-electron chi connectivity index (χ4n) is 2.50. The molecule has 0 aliphatic carbocycles. The molecule has 2 amide bonds.